The summed E-state index contributed by atoms with van der Waals surface area (Å²) < 4.78 is 4.83. The van der Waals surface area contributed by atoms with Crippen molar-refractivity contribution in [2.45, 2.75) is 0 Å². The molecule has 2 heterocycles. The average Bonchev–Trinajstić information content (AvgIpc) is 3.71. The molecule has 50 heavy (non-hydrogen) atoms. The van der Waals surface area contributed by atoms with Gasteiger partial charge in [-0.05, 0) is 94.0 Å². The van der Waals surface area contributed by atoms with Gasteiger partial charge in [-0.15, -0.1) is 0 Å². The molecule has 0 unspecified atom stereocenters. The Morgan fingerprint density at radius 1 is 0.220 bits per heavy atom. The van der Waals surface area contributed by atoms with Crippen molar-refractivity contribution in [2.24, 2.45) is 0 Å². The molecule has 0 spiro atoms. The maximum Gasteiger partial charge on any atom is 0.0547 e. The minimum Gasteiger partial charge on any atom is -0.309 e. The predicted molar refractivity (Wildman–Crippen MR) is 211 cm³/mol. The van der Waals surface area contributed by atoms with E-state index in [-0.39, 0.29) is 0 Å². The first-order chi connectivity index (χ1) is 24.8. The Hall–Kier alpha value is -6.64. The van der Waals surface area contributed by atoms with Gasteiger partial charge in [-0.25, -0.2) is 0 Å². The molecule has 2 nitrogen and oxygen atoms in total. The van der Waals surface area contributed by atoms with Gasteiger partial charge in [-0.1, -0.05) is 133 Å². The molecule has 0 amide bonds. The lowest BCUT2D eigenvalue weighted by Gasteiger charge is -2.14. The molecule has 0 atom stereocenters. The zero-order chi connectivity index (χ0) is 33.0. The van der Waals surface area contributed by atoms with E-state index < -0.39 is 0 Å². The summed E-state index contributed by atoms with van der Waals surface area (Å²) in [6, 6.07) is 70.5. The zero-order valence-corrected chi connectivity index (χ0v) is 27.4. The van der Waals surface area contributed by atoms with Crippen LogP contribution >= 0.6 is 0 Å². The first-order valence-electron chi connectivity index (χ1n) is 17.2. The van der Waals surface area contributed by atoms with Crippen LogP contribution in [0.3, 0.4) is 0 Å². The molecular weight excluding hydrogens is 605 g/mol. The van der Waals surface area contributed by atoms with Crippen molar-refractivity contribution >= 4 is 43.6 Å². The molecule has 0 bridgehead atoms. The average molecular weight is 637 g/mol. The van der Waals surface area contributed by atoms with Gasteiger partial charge in [-0.3, -0.25) is 0 Å². The second kappa shape index (κ2) is 11.5. The van der Waals surface area contributed by atoms with Crippen LogP contribution in [-0.2, 0) is 0 Å². The summed E-state index contributed by atoms with van der Waals surface area (Å²) in [6.07, 6.45) is 0. The largest absolute Gasteiger partial charge is 0.309 e. The minimum atomic E-state index is 1.15. The van der Waals surface area contributed by atoms with Gasteiger partial charge in [0.05, 0.1) is 22.1 Å². The maximum absolute atomic E-state index is 2.43. The summed E-state index contributed by atoms with van der Waals surface area (Å²) in [6.45, 7) is 0. The van der Waals surface area contributed by atoms with Crippen LogP contribution in [0.5, 0.6) is 0 Å². The van der Waals surface area contributed by atoms with Gasteiger partial charge in [0.25, 0.3) is 0 Å². The Morgan fingerprint density at radius 2 is 0.680 bits per heavy atom. The molecular formula is C48H32N2. The highest BCUT2D eigenvalue weighted by atomic mass is 15.0. The fourth-order valence-electron chi connectivity index (χ4n) is 7.77. The smallest absolute Gasteiger partial charge is 0.0547 e. The van der Waals surface area contributed by atoms with E-state index in [1.54, 1.807) is 0 Å². The molecule has 0 fully saturated rings. The van der Waals surface area contributed by atoms with Crippen LogP contribution in [0.4, 0.5) is 0 Å². The molecule has 0 saturated heterocycles. The quantitative estimate of drug-likeness (QED) is 0.178. The van der Waals surface area contributed by atoms with Gasteiger partial charge in [0.15, 0.2) is 0 Å². The Labute approximate surface area is 290 Å². The second-order valence-electron chi connectivity index (χ2n) is 13.0. The number of hydrogen-bond donors (Lipinski definition) is 0. The first kappa shape index (κ1) is 28.4. The number of benzene rings is 8. The van der Waals surface area contributed by atoms with Crippen LogP contribution in [0.1, 0.15) is 0 Å². The van der Waals surface area contributed by atoms with Gasteiger partial charge >= 0.3 is 0 Å². The van der Waals surface area contributed by atoms with E-state index in [0.717, 1.165) is 5.69 Å². The summed E-state index contributed by atoms with van der Waals surface area (Å²) >= 11 is 0. The molecule has 234 valence electrons. The summed E-state index contributed by atoms with van der Waals surface area (Å²) in [7, 11) is 0. The molecule has 0 aliphatic rings. The van der Waals surface area contributed by atoms with E-state index in [0.29, 0.717) is 0 Å². The van der Waals surface area contributed by atoms with Crippen molar-refractivity contribution in [2.75, 3.05) is 0 Å². The first-order valence-corrected chi connectivity index (χ1v) is 17.2. The number of rotatable bonds is 5. The second-order valence-corrected chi connectivity index (χ2v) is 13.0. The molecule has 2 aromatic heterocycles. The number of nitrogens with zero attached hydrogens (tertiary/aromatic N) is 2. The fraction of sp³-hybridized carbons (Fsp3) is 0. The van der Waals surface area contributed by atoms with Crippen LogP contribution in [-0.4, -0.2) is 9.13 Å². The normalized spacial score (nSPS) is 11.6. The Balaban J connectivity index is 1.18. The lowest BCUT2D eigenvalue weighted by molar-refractivity contribution is 1.18. The van der Waals surface area contributed by atoms with E-state index in [1.807, 2.05) is 0 Å². The van der Waals surface area contributed by atoms with Gasteiger partial charge < -0.3 is 9.13 Å². The van der Waals surface area contributed by atoms with E-state index in [9.17, 15) is 0 Å². The number of aromatic nitrogens is 2. The molecule has 10 rings (SSSR count). The molecule has 10 aromatic rings. The summed E-state index contributed by atoms with van der Waals surface area (Å²) in [5.74, 6) is 0. The lowest BCUT2D eigenvalue weighted by atomic mass is 9.98. The standard InChI is InChI=1S/C48H32N2/c1-4-14-33(15-5-1)37-28-38(34-16-6-2-7-17-34)30-40(29-37)50-46-23-13-11-21-42(46)44-31-35(25-27-47(44)50)36-24-26-43-41-20-10-12-22-45(41)49(48(43)32-36)39-18-8-3-9-19-39/h1-32H. The highest BCUT2D eigenvalue weighted by Crippen LogP contribution is 2.39. The van der Waals surface area contributed by atoms with Crippen molar-refractivity contribution < 1.29 is 0 Å². The Bertz CT molecular complexity index is 2780. The molecule has 0 aliphatic heterocycles. The summed E-state index contributed by atoms with van der Waals surface area (Å²) in [5, 5.41) is 5.02. The van der Waals surface area contributed by atoms with Gasteiger partial charge in [-0.2, -0.15) is 0 Å². The molecule has 8 aromatic carbocycles. The highest BCUT2D eigenvalue weighted by Gasteiger charge is 2.17. The number of para-hydroxylation sites is 3. The third-order valence-electron chi connectivity index (χ3n) is 10.1. The van der Waals surface area contributed by atoms with Gasteiger partial charge in [0.2, 0.25) is 0 Å². The highest BCUT2D eigenvalue weighted by molar-refractivity contribution is 6.12. The Kier molecular flexibility index (Phi) is 6.53. The summed E-state index contributed by atoms with van der Waals surface area (Å²) in [5.41, 5.74) is 14.4. The van der Waals surface area contributed by atoms with Gasteiger partial charge in [0.1, 0.15) is 0 Å². The van der Waals surface area contributed by atoms with Crippen LogP contribution < -0.4 is 0 Å². The number of hydrogen-bond acceptors (Lipinski definition) is 0. The Morgan fingerprint density at radius 3 is 1.32 bits per heavy atom. The van der Waals surface area contributed by atoms with Crippen molar-refractivity contribution in [3.05, 3.63) is 194 Å². The van der Waals surface area contributed by atoms with Crippen LogP contribution in [0.2, 0.25) is 0 Å². The van der Waals surface area contributed by atoms with Crippen molar-refractivity contribution in [1.29, 1.82) is 0 Å². The zero-order valence-electron chi connectivity index (χ0n) is 27.4. The SMILES string of the molecule is c1ccc(-c2cc(-c3ccccc3)cc(-n3c4ccccc4c4cc(-c5ccc6c7ccccc7n(-c7ccccc7)c6c5)ccc43)c2)cc1. The molecule has 0 N–H and O–H groups in total. The van der Waals surface area contributed by atoms with Gasteiger partial charge in [0, 0.05) is 32.9 Å². The van der Waals surface area contributed by atoms with Crippen molar-refractivity contribution in [1.82, 2.24) is 9.13 Å². The monoisotopic (exact) mass is 636 g/mol. The van der Waals surface area contributed by atoms with E-state index >= 15 is 0 Å². The molecule has 0 aliphatic carbocycles. The van der Waals surface area contributed by atoms with Crippen molar-refractivity contribution in [3.63, 3.8) is 0 Å². The fourth-order valence-corrected chi connectivity index (χ4v) is 7.77. The van der Waals surface area contributed by atoms with Crippen molar-refractivity contribution in [3.8, 4) is 44.8 Å². The topological polar surface area (TPSA) is 9.86 Å². The van der Waals surface area contributed by atoms with Crippen LogP contribution in [0, 0.1) is 0 Å². The van der Waals surface area contributed by atoms with E-state index in [4.69, 9.17) is 0 Å². The molecule has 2 heteroatoms. The lowest BCUT2D eigenvalue weighted by Crippen LogP contribution is -1.96. The third kappa shape index (κ3) is 4.57. The van der Waals surface area contributed by atoms with Crippen LogP contribution in [0.15, 0.2) is 194 Å². The summed E-state index contributed by atoms with van der Waals surface area (Å²) in [4.78, 5) is 0. The number of fused-ring (bicyclic) bond motifs is 6. The maximum atomic E-state index is 2.43. The van der Waals surface area contributed by atoms with E-state index in [1.165, 1.54) is 82.7 Å². The predicted octanol–water partition coefficient (Wildman–Crippen LogP) is 12.9. The third-order valence-corrected chi connectivity index (χ3v) is 10.1. The van der Waals surface area contributed by atoms with E-state index in [2.05, 4.69) is 203 Å². The van der Waals surface area contributed by atoms with Crippen LogP contribution in [0.25, 0.3) is 88.4 Å². The molecule has 0 radical (unpaired) electrons. The minimum absolute atomic E-state index is 1.15. The molecule has 0 saturated carbocycles.